The van der Waals surface area contributed by atoms with Crippen molar-refractivity contribution in [1.82, 2.24) is 14.9 Å². The van der Waals surface area contributed by atoms with E-state index in [1.807, 2.05) is 19.1 Å². The lowest BCUT2D eigenvalue weighted by Gasteiger charge is -2.07. The summed E-state index contributed by atoms with van der Waals surface area (Å²) in [4.78, 5) is 16.1. The van der Waals surface area contributed by atoms with Crippen LogP contribution in [0.1, 0.15) is 44.0 Å². The Morgan fingerprint density at radius 1 is 1.04 bits per heavy atom. The topological polar surface area (TPSA) is 46.9 Å². The Labute approximate surface area is 167 Å². The van der Waals surface area contributed by atoms with Crippen molar-refractivity contribution in [3.05, 3.63) is 72.1 Å². The Morgan fingerprint density at radius 3 is 2.64 bits per heavy atom. The van der Waals surface area contributed by atoms with E-state index in [1.54, 1.807) is 0 Å². The number of nitrogens with zero attached hydrogens (tertiary/aromatic N) is 2. The third-order valence-corrected chi connectivity index (χ3v) is 4.85. The van der Waals surface area contributed by atoms with Crippen molar-refractivity contribution in [1.29, 1.82) is 0 Å². The predicted octanol–water partition coefficient (Wildman–Crippen LogP) is 4.99. The summed E-state index contributed by atoms with van der Waals surface area (Å²) >= 11 is 0. The second-order valence-electron chi connectivity index (χ2n) is 6.95. The molecule has 1 aromatic heterocycles. The van der Waals surface area contributed by atoms with Crippen molar-refractivity contribution >= 4 is 23.0 Å². The van der Waals surface area contributed by atoms with Gasteiger partial charge in [0.15, 0.2) is 0 Å². The molecule has 0 aliphatic heterocycles. The van der Waals surface area contributed by atoms with Crippen molar-refractivity contribution in [2.45, 2.75) is 45.6 Å². The molecule has 0 aliphatic carbocycles. The molecule has 146 valence electrons. The highest BCUT2D eigenvalue weighted by molar-refractivity contribution is 5.76. The molecule has 3 aromatic rings. The first-order chi connectivity index (χ1) is 13.8. The molecule has 1 amide bonds. The van der Waals surface area contributed by atoms with Gasteiger partial charge >= 0.3 is 0 Å². The number of para-hydroxylation sites is 2. The van der Waals surface area contributed by atoms with Crippen LogP contribution in [0.2, 0.25) is 0 Å². The molecule has 4 nitrogen and oxygen atoms in total. The van der Waals surface area contributed by atoms with E-state index in [0.717, 1.165) is 50.1 Å². The molecule has 2 aromatic carbocycles. The Balaban J connectivity index is 1.60. The molecule has 0 atom stereocenters. The highest BCUT2D eigenvalue weighted by atomic mass is 16.1. The highest BCUT2D eigenvalue weighted by Crippen LogP contribution is 2.18. The molecule has 1 N–H and O–H groups in total. The van der Waals surface area contributed by atoms with Crippen LogP contribution in [0.15, 0.2) is 60.7 Å². The molecule has 0 saturated heterocycles. The standard InChI is InChI=1S/C24H29N3O/c1-2-24(28)25-18-10-4-7-17-23-26-21-15-8-9-16-22(21)27(23)19-11-14-20-12-5-3-6-13-20/h3,5-6,8-9,11-16H,2,4,7,10,17-19H2,1H3,(H,25,28)/b14-11+. The van der Waals surface area contributed by atoms with Gasteiger partial charge in [0, 0.05) is 25.9 Å². The van der Waals surface area contributed by atoms with Crippen LogP contribution in [0.25, 0.3) is 17.1 Å². The summed E-state index contributed by atoms with van der Waals surface area (Å²) in [5, 5.41) is 2.94. The van der Waals surface area contributed by atoms with E-state index in [0.29, 0.717) is 6.42 Å². The van der Waals surface area contributed by atoms with Gasteiger partial charge in [-0.1, -0.05) is 68.0 Å². The van der Waals surface area contributed by atoms with Gasteiger partial charge in [-0.05, 0) is 30.5 Å². The van der Waals surface area contributed by atoms with Gasteiger partial charge in [0.05, 0.1) is 11.0 Å². The second-order valence-corrected chi connectivity index (χ2v) is 6.95. The van der Waals surface area contributed by atoms with Crippen molar-refractivity contribution in [2.24, 2.45) is 0 Å². The van der Waals surface area contributed by atoms with E-state index in [9.17, 15) is 4.79 Å². The molecule has 0 bridgehead atoms. The molecule has 0 aliphatic rings. The van der Waals surface area contributed by atoms with Gasteiger partial charge in [-0.3, -0.25) is 4.79 Å². The number of unbranched alkanes of at least 4 members (excludes halogenated alkanes) is 2. The first-order valence-corrected chi connectivity index (χ1v) is 10.2. The minimum absolute atomic E-state index is 0.131. The van der Waals surface area contributed by atoms with E-state index in [4.69, 9.17) is 4.98 Å². The number of aromatic nitrogens is 2. The van der Waals surface area contributed by atoms with Crippen molar-refractivity contribution in [2.75, 3.05) is 6.54 Å². The zero-order valence-electron chi connectivity index (χ0n) is 16.6. The van der Waals surface area contributed by atoms with Crippen LogP contribution in [-0.4, -0.2) is 22.0 Å². The van der Waals surface area contributed by atoms with E-state index in [-0.39, 0.29) is 5.91 Å². The van der Waals surface area contributed by atoms with Crippen LogP contribution < -0.4 is 5.32 Å². The van der Waals surface area contributed by atoms with Crippen LogP contribution >= 0.6 is 0 Å². The zero-order chi connectivity index (χ0) is 19.6. The molecule has 28 heavy (non-hydrogen) atoms. The molecule has 1 heterocycles. The lowest BCUT2D eigenvalue weighted by Crippen LogP contribution is -2.23. The SMILES string of the molecule is CCC(=O)NCCCCCc1nc2ccccc2n1C/C=C/c1ccccc1. The van der Waals surface area contributed by atoms with Gasteiger partial charge in [0.1, 0.15) is 5.82 Å². The second kappa shape index (κ2) is 10.5. The zero-order valence-corrected chi connectivity index (χ0v) is 16.6. The van der Waals surface area contributed by atoms with Crippen molar-refractivity contribution < 1.29 is 4.79 Å². The highest BCUT2D eigenvalue weighted by Gasteiger charge is 2.09. The summed E-state index contributed by atoms with van der Waals surface area (Å²) in [6.45, 7) is 3.46. The monoisotopic (exact) mass is 375 g/mol. The number of amides is 1. The van der Waals surface area contributed by atoms with E-state index in [1.165, 1.54) is 11.1 Å². The fourth-order valence-corrected chi connectivity index (χ4v) is 3.32. The minimum atomic E-state index is 0.131. The first kappa shape index (κ1) is 19.9. The number of carbonyl (C=O) groups is 1. The number of allylic oxidation sites excluding steroid dienone is 1. The number of rotatable bonds is 10. The normalized spacial score (nSPS) is 11.3. The number of hydrogen-bond donors (Lipinski definition) is 1. The molecule has 3 rings (SSSR count). The molecule has 0 saturated carbocycles. The Hall–Kier alpha value is -2.88. The third kappa shape index (κ3) is 5.56. The maximum absolute atomic E-state index is 11.3. The lowest BCUT2D eigenvalue weighted by molar-refractivity contribution is -0.120. The predicted molar refractivity (Wildman–Crippen MR) is 116 cm³/mol. The summed E-state index contributed by atoms with van der Waals surface area (Å²) in [6, 6.07) is 18.7. The summed E-state index contributed by atoms with van der Waals surface area (Å²) in [5.74, 6) is 1.27. The summed E-state index contributed by atoms with van der Waals surface area (Å²) in [7, 11) is 0. The molecule has 0 radical (unpaired) electrons. The van der Waals surface area contributed by atoms with Crippen LogP contribution in [0, 0.1) is 0 Å². The molecule has 0 unspecified atom stereocenters. The number of aryl methyl sites for hydroxylation is 1. The molecule has 0 spiro atoms. The fraction of sp³-hybridized carbons (Fsp3) is 0.333. The third-order valence-electron chi connectivity index (χ3n) is 4.85. The number of nitrogens with one attached hydrogen (secondary N) is 1. The molecule has 4 heteroatoms. The van der Waals surface area contributed by atoms with Crippen molar-refractivity contribution in [3.8, 4) is 0 Å². The molecular formula is C24H29N3O. The summed E-state index contributed by atoms with van der Waals surface area (Å²) in [5.41, 5.74) is 3.45. The maximum atomic E-state index is 11.3. The molecular weight excluding hydrogens is 346 g/mol. The van der Waals surface area contributed by atoms with Gasteiger partial charge < -0.3 is 9.88 Å². The van der Waals surface area contributed by atoms with Crippen LogP contribution in [0.4, 0.5) is 0 Å². The Kier molecular flexibility index (Phi) is 7.42. The van der Waals surface area contributed by atoms with Gasteiger partial charge in [-0.25, -0.2) is 4.98 Å². The molecule has 0 fully saturated rings. The van der Waals surface area contributed by atoms with Gasteiger partial charge in [-0.2, -0.15) is 0 Å². The average molecular weight is 376 g/mol. The maximum Gasteiger partial charge on any atom is 0.219 e. The summed E-state index contributed by atoms with van der Waals surface area (Å²) in [6.07, 6.45) is 9.05. The van der Waals surface area contributed by atoms with E-state index >= 15 is 0 Å². The minimum Gasteiger partial charge on any atom is -0.356 e. The first-order valence-electron chi connectivity index (χ1n) is 10.2. The Morgan fingerprint density at radius 2 is 1.82 bits per heavy atom. The van der Waals surface area contributed by atoms with Gasteiger partial charge in [-0.15, -0.1) is 0 Å². The quantitative estimate of drug-likeness (QED) is 0.508. The number of hydrogen-bond acceptors (Lipinski definition) is 2. The summed E-state index contributed by atoms with van der Waals surface area (Å²) < 4.78 is 2.31. The number of fused-ring (bicyclic) bond motifs is 1. The largest absolute Gasteiger partial charge is 0.356 e. The van der Waals surface area contributed by atoms with Gasteiger partial charge in [0.25, 0.3) is 0 Å². The Bertz CT molecular complexity index is 912. The lowest BCUT2D eigenvalue weighted by atomic mass is 10.2. The number of imidazole rings is 1. The smallest absolute Gasteiger partial charge is 0.219 e. The van der Waals surface area contributed by atoms with Crippen LogP contribution in [0.3, 0.4) is 0 Å². The fourth-order valence-electron chi connectivity index (χ4n) is 3.32. The van der Waals surface area contributed by atoms with Gasteiger partial charge in [0.2, 0.25) is 5.91 Å². The van der Waals surface area contributed by atoms with Crippen molar-refractivity contribution in [3.63, 3.8) is 0 Å². The van der Waals surface area contributed by atoms with Crippen LogP contribution in [-0.2, 0) is 17.8 Å². The number of benzene rings is 2. The number of carbonyl (C=O) groups excluding carboxylic acids is 1. The van der Waals surface area contributed by atoms with Crippen LogP contribution in [0.5, 0.6) is 0 Å². The van der Waals surface area contributed by atoms with E-state index < -0.39 is 0 Å². The average Bonchev–Trinajstić information content (AvgIpc) is 3.08. The van der Waals surface area contributed by atoms with E-state index in [2.05, 4.69) is 64.5 Å².